The second-order valence-corrected chi connectivity index (χ2v) is 10.7. The van der Waals surface area contributed by atoms with Crippen LogP contribution in [0.1, 0.15) is 51.8 Å². The Kier molecular flexibility index (Phi) is 7.47. The van der Waals surface area contributed by atoms with Crippen molar-refractivity contribution in [2.75, 3.05) is 12.4 Å². The van der Waals surface area contributed by atoms with Gasteiger partial charge in [0.25, 0.3) is 5.91 Å². The highest BCUT2D eigenvalue weighted by Gasteiger charge is 2.22. The molecule has 0 atom stereocenters. The maximum atomic E-state index is 13.4. The van der Waals surface area contributed by atoms with E-state index in [9.17, 15) is 14.4 Å². The molecular formula is C27H24ClN3O5S. The second kappa shape index (κ2) is 10.6. The molecule has 0 aliphatic heterocycles. The molecule has 2 heterocycles. The first-order valence-corrected chi connectivity index (χ1v) is 12.4. The molecule has 190 valence electrons. The van der Waals surface area contributed by atoms with Crippen molar-refractivity contribution in [1.29, 1.82) is 0 Å². The summed E-state index contributed by atoms with van der Waals surface area (Å²) in [5.74, 6) is -1.35. The van der Waals surface area contributed by atoms with E-state index in [0.717, 1.165) is 0 Å². The van der Waals surface area contributed by atoms with Gasteiger partial charge in [0.2, 0.25) is 0 Å². The molecule has 2 aromatic carbocycles. The molecule has 0 bridgehead atoms. The summed E-state index contributed by atoms with van der Waals surface area (Å²) in [6.07, 6.45) is 1.60. The number of esters is 2. The molecule has 0 spiro atoms. The van der Waals surface area contributed by atoms with Gasteiger partial charge < -0.3 is 14.8 Å². The SMILES string of the molecule is COC(=O)c1ccc(-n2cc(C(=O)Nc3cccc(C(=O)OC(C)(C)C)c3)c(-c3ccc(Cl)s3)n2)cc1. The van der Waals surface area contributed by atoms with Crippen LogP contribution in [0, 0.1) is 0 Å². The summed E-state index contributed by atoms with van der Waals surface area (Å²) in [5, 5.41) is 7.46. The molecular weight excluding hydrogens is 514 g/mol. The largest absolute Gasteiger partial charge is 0.465 e. The van der Waals surface area contributed by atoms with Crippen LogP contribution < -0.4 is 5.32 Å². The number of nitrogens with one attached hydrogen (secondary N) is 1. The lowest BCUT2D eigenvalue weighted by Crippen LogP contribution is -2.24. The Morgan fingerprint density at radius 2 is 1.70 bits per heavy atom. The van der Waals surface area contributed by atoms with Crippen molar-refractivity contribution in [2.24, 2.45) is 0 Å². The van der Waals surface area contributed by atoms with Gasteiger partial charge in [0.1, 0.15) is 11.3 Å². The predicted octanol–water partition coefficient (Wildman–Crippen LogP) is 6.25. The Hall–Kier alpha value is -3.95. The van der Waals surface area contributed by atoms with Gasteiger partial charge in [-0.2, -0.15) is 5.10 Å². The van der Waals surface area contributed by atoms with Gasteiger partial charge in [0.05, 0.1) is 38.7 Å². The summed E-state index contributed by atoms with van der Waals surface area (Å²) < 4.78 is 12.3. The number of amides is 1. The highest BCUT2D eigenvalue weighted by molar-refractivity contribution is 7.19. The van der Waals surface area contributed by atoms with E-state index in [1.807, 2.05) is 0 Å². The number of hydrogen-bond acceptors (Lipinski definition) is 7. The molecule has 0 radical (unpaired) electrons. The van der Waals surface area contributed by atoms with E-state index in [2.05, 4.69) is 10.4 Å². The van der Waals surface area contributed by atoms with Crippen molar-refractivity contribution in [2.45, 2.75) is 26.4 Å². The number of carbonyl (C=O) groups is 3. The third-order valence-electron chi connectivity index (χ3n) is 5.07. The van der Waals surface area contributed by atoms with Crippen LogP contribution in [0.25, 0.3) is 16.3 Å². The van der Waals surface area contributed by atoms with Crippen LogP contribution in [0.4, 0.5) is 5.69 Å². The first-order valence-electron chi connectivity index (χ1n) is 11.2. The average Bonchev–Trinajstić information content (AvgIpc) is 3.49. The molecule has 4 rings (SSSR count). The van der Waals surface area contributed by atoms with Crippen molar-refractivity contribution in [3.05, 3.63) is 87.9 Å². The highest BCUT2D eigenvalue weighted by Crippen LogP contribution is 2.33. The molecule has 0 aliphatic rings. The zero-order valence-corrected chi connectivity index (χ0v) is 22.1. The van der Waals surface area contributed by atoms with Crippen LogP contribution >= 0.6 is 22.9 Å². The van der Waals surface area contributed by atoms with E-state index in [4.69, 9.17) is 21.1 Å². The van der Waals surface area contributed by atoms with Gasteiger partial charge in [0.15, 0.2) is 0 Å². The van der Waals surface area contributed by atoms with E-state index in [1.165, 1.54) is 18.4 Å². The lowest BCUT2D eigenvalue weighted by molar-refractivity contribution is 0.00692. The number of benzene rings is 2. The monoisotopic (exact) mass is 537 g/mol. The minimum Gasteiger partial charge on any atom is -0.465 e. The second-order valence-electron chi connectivity index (χ2n) is 9.01. The lowest BCUT2D eigenvalue weighted by Gasteiger charge is -2.19. The number of nitrogens with zero attached hydrogens (tertiary/aromatic N) is 2. The summed E-state index contributed by atoms with van der Waals surface area (Å²) in [4.78, 5) is 38.3. The number of halogens is 1. The fraction of sp³-hybridized carbons (Fsp3) is 0.185. The zero-order valence-electron chi connectivity index (χ0n) is 20.6. The smallest absolute Gasteiger partial charge is 0.338 e. The normalized spacial score (nSPS) is 11.2. The maximum absolute atomic E-state index is 13.4. The van der Waals surface area contributed by atoms with Gasteiger partial charge in [0, 0.05) is 11.9 Å². The van der Waals surface area contributed by atoms with E-state index < -0.39 is 23.4 Å². The van der Waals surface area contributed by atoms with Crippen molar-refractivity contribution in [3.8, 4) is 16.3 Å². The van der Waals surface area contributed by atoms with Crippen molar-refractivity contribution < 1.29 is 23.9 Å². The lowest BCUT2D eigenvalue weighted by atomic mass is 10.1. The molecule has 37 heavy (non-hydrogen) atoms. The number of methoxy groups -OCH3 is 1. The molecule has 0 saturated carbocycles. The highest BCUT2D eigenvalue weighted by atomic mass is 35.5. The Labute approximate surface area is 222 Å². The minimum atomic E-state index is -0.642. The van der Waals surface area contributed by atoms with Gasteiger partial charge in [-0.1, -0.05) is 17.7 Å². The zero-order chi connectivity index (χ0) is 26.7. The van der Waals surface area contributed by atoms with Crippen LogP contribution in [-0.2, 0) is 9.47 Å². The molecule has 0 fully saturated rings. The van der Waals surface area contributed by atoms with Crippen molar-refractivity contribution >= 4 is 46.5 Å². The summed E-state index contributed by atoms with van der Waals surface area (Å²) in [5.41, 5.74) is 1.89. The fourth-order valence-corrected chi connectivity index (χ4v) is 4.47. The van der Waals surface area contributed by atoms with Gasteiger partial charge >= 0.3 is 11.9 Å². The van der Waals surface area contributed by atoms with Crippen LogP contribution in [-0.4, -0.2) is 40.3 Å². The number of ether oxygens (including phenoxy) is 2. The van der Waals surface area contributed by atoms with Crippen LogP contribution in [0.3, 0.4) is 0 Å². The predicted molar refractivity (Wildman–Crippen MR) is 143 cm³/mol. The molecule has 0 unspecified atom stereocenters. The molecule has 1 N–H and O–H groups in total. The van der Waals surface area contributed by atoms with Crippen molar-refractivity contribution in [1.82, 2.24) is 9.78 Å². The number of carbonyl (C=O) groups excluding carboxylic acids is 3. The van der Waals surface area contributed by atoms with Gasteiger partial charge in [-0.05, 0) is 75.4 Å². The molecule has 2 aromatic heterocycles. The summed E-state index contributed by atoms with van der Waals surface area (Å²) in [6, 6.07) is 16.7. The first-order chi connectivity index (χ1) is 17.5. The number of aromatic nitrogens is 2. The number of thiophene rings is 1. The molecule has 0 aliphatic carbocycles. The van der Waals surface area contributed by atoms with Crippen LogP contribution in [0.2, 0.25) is 4.34 Å². The Morgan fingerprint density at radius 3 is 2.32 bits per heavy atom. The first kappa shape index (κ1) is 26.1. The molecule has 8 nitrogen and oxygen atoms in total. The van der Waals surface area contributed by atoms with E-state index in [1.54, 1.807) is 92.3 Å². The number of hydrogen-bond donors (Lipinski definition) is 1. The van der Waals surface area contributed by atoms with Crippen LogP contribution in [0.5, 0.6) is 0 Å². The van der Waals surface area contributed by atoms with Gasteiger partial charge in [-0.3, -0.25) is 4.79 Å². The third-order valence-corrected chi connectivity index (χ3v) is 6.31. The Morgan fingerprint density at radius 1 is 0.973 bits per heavy atom. The summed E-state index contributed by atoms with van der Waals surface area (Å²) in [7, 11) is 1.32. The van der Waals surface area contributed by atoms with Gasteiger partial charge in [-0.25, -0.2) is 14.3 Å². The molecule has 1 amide bonds. The van der Waals surface area contributed by atoms with E-state index >= 15 is 0 Å². The van der Waals surface area contributed by atoms with E-state index in [-0.39, 0.29) is 0 Å². The fourth-order valence-electron chi connectivity index (χ4n) is 3.42. The van der Waals surface area contributed by atoms with Crippen molar-refractivity contribution in [3.63, 3.8) is 0 Å². The average molecular weight is 538 g/mol. The molecule has 4 aromatic rings. The standard InChI is InChI=1S/C27H24ClN3O5S/c1-27(2,3)36-26(34)17-6-5-7-18(14-17)29-24(32)20-15-31(30-23(20)21-12-13-22(28)37-21)19-10-8-16(9-11-19)25(33)35-4/h5-15H,1-4H3,(H,29,32). The summed E-state index contributed by atoms with van der Waals surface area (Å²) in [6.45, 7) is 5.36. The quantitative estimate of drug-likeness (QED) is 0.292. The van der Waals surface area contributed by atoms with Gasteiger partial charge in [-0.15, -0.1) is 11.3 Å². The summed E-state index contributed by atoms with van der Waals surface area (Å²) >= 11 is 7.44. The molecule has 10 heteroatoms. The maximum Gasteiger partial charge on any atom is 0.338 e. The topological polar surface area (TPSA) is 99.5 Å². The Balaban J connectivity index is 1.65. The number of rotatable bonds is 6. The number of anilines is 1. The molecule has 0 saturated heterocycles. The van der Waals surface area contributed by atoms with Crippen LogP contribution in [0.15, 0.2) is 66.9 Å². The third kappa shape index (κ3) is 6.25. The Bertz CT molecular complexity index is 1470. The van der Waals surface area contributed by atoms with E-state index in [0.29, 0.717) is 43.0 Å². The minimum absolute atomic E-state index is 0.304.